The summed E-state index contributed by atoms with van der Waals surface area (Å²) in [7, 11) is -3.83. The van der Waals surface area contributed by atoms with Gasteiger partial charge in [0.1, 0.15) is 19.3 Å². The molecule has 2 aromatic carbocycles. The number of amides is 1. The van der Waals surface area contributed by atoms with Crippen LogP contribution >= 0.6 is 23.2 Å². The molecule has 0 saturated heterocycles. The summed E-state index contributed by atoms with van der Waals surface area (Å²) in [5.41, 5.74) is 0.963. The Morgan fingerprint density at radius 1 is 1.13 bits per heavy atom. The lowest BCUT2D eigenvalue weighted by atomic mass is 10.1. The first-order chi connectivity index (χ1) is 14.6. The van der Waals surface area contributed by atoms with Gasteiger partial charge in [-0.25, -0.2) is 8.42 Å². The van der Waals surface area contributed by atoms with Crippen molar-refractivity contribution in [3.05, 3.63) is 52.0 Å². The fraction of sp³-hybridized carbons (Fsp3) is 0.381. The molecule has 7 nitrogen and oxygen atoms in total. The van der Waals surface area contributed by atoms with Gasteiger partial charge in [0.15, 0.2) is 11.5 Å². The van der Waals surface area contributed by atoms with E-state index < -0.39 is 28.0 Å². The lowest BCUT2D eigenvalue weighted by Crippen LogP contribution is -2.49. The van der Waals surface area contributed by atoms with Crippen molar-refractivity contribution in [1.29, 1.82) is 0 Å². The van der Waals surface area contributed by atoms with Gasteiger partial charge in [-0.2, -0.15) is 0 Å². The largest absolute Gasteiger partial charge is 0.486 e. The van der Waals surface area contributed by atoms with Crippen LogP contribution < -0.4 is 19.1 Å². The molecule has 0 spiro atoms. The van der Waals surface area contributed by atoms with Crippen molar-refractivity contribution in [1.82, 2.24) is 5.32 Å². The molecule has 2 aromatic rings. The van der Waals surface area contributed by atoms with Crippen molar-refractivity contribution in [2.45, 2.75) is 32.4 Å². The molecule has 1 aliphatic heterocycles. The Hall–Kier alpha value is -2.16. The first-order valence-electron chi connectivity index (χ1n) is 9.76. The SMILES string of the molecule is CC[C@@H](C(=O)N[C@@H](C)c1ccc2c(c1)OCCO2)N(c1cc(Cl)ccc1Cl)S(C)(=O)=O. The van der Waals surface area contributed by atoms with Gasteiger partial charge in [-0.05, 0) is 49.2 Å². The standard InChI is InChI=1S/C21H24Cl2N2O5S/c1-4-17(25(31(3,27)28)18-12-15(22)6-7-16(18)23)21(26)24-13(2)14-5-8-19-20(11-14)30-10-9-29-19/h5-8,11-13,17H,4,9-10H2,1-3H3,(H,24,26)/t13-,17-/m0/s1. The van der Waals surface area contributed by atoms with E-state index in [9.17, 15) is 13.2 Å². The third-order valence-corrected chi connectivity index (χ3v) is 6.62. The van der Waals surface area contributed by atoms with Crippen LogP contribution in [-0.2, 0) is 14.8 Å². The number of fused-ring (bicyclic) bond motifs is 1. The monoisotopic (exact) mass is 486 g/mol. The van der Waals surface area contributed by atoms with E-state index in [0.717, 1.165) is 16.1 Å². The molecule has 0 bridgehead atoms. The van der Waals surface area contributed by atoms with Gasteiger partial charge in [0.2, 0.25) is 15.9 Å². The van der Waals surface area contributed by atoms with E-state index in [0.29, 0.717) is 29.7 Å². The summed E-state index contributed by atoms with van der Waals surface area (Å²) < 4.78 is 37.4. The van der Waals surface area contributed by atoms with Gasteiger partial charge in [0, 0.05) is 5.02 Å². The van der Waals surface area contributed by atoms with Crippen molar-refractivity contribution >= 4 is 44.8 Å². The minimum atomic E-state index is -3.83. The fourth-order valence-corrected chi connectivity index (χ4v) is 5.05. The number of hydrogen-bond donors (Lipinski definition) is 1. The predicted molar refractivity (Wildman–Crippen MR) is 122 cm³/mol. The summed E-state index contributed by atoms with van der Waals surface area (Å²) >= 11 is 12.3. The summed E-state index contributed by atoms with van der Waals surface area (Å²) in [6.07, 6.45) is 1.26. The first kappa shape index (κ1) is 23.5. The van der Waals surface area contributed by atoms with Gasteiger partial charge >= 0.3 is 0 Å². The number of hydrogen-bond acceptors (Lipinski definition) is 5. The molecule has 0 aliphatic carbocycles. The topological polar surface area (TPSA) is 84.9 Å². The highest BCUT2D eigenvalue weighted by Crippen LogP contribution is 2.34. The number of benzene rings is 2. The second kappa shape index (κ2) is 9.54. The Morgan fingerprint density at radius 2 is 1.81 bits per heavy atom. The van der Waals surface area contributed by atoms with E-state index in [-0.39, 0.29) is 17.1 Å². The minimum Gasteiger partial charge on any atom is -0.486 e. The molecule has 168 valence electrons. The molecule has 31 heavy (non-hydrogen) atoms. The second-order valence-electron chi connectivity index (χ2n) is 7.21. The number of ether oxygens (including phenoxy) is 2. The fourth-order valence-electron chi connectivity index (χ4n) is 3.41. The lowest BCUT2D eigenvalue weighted by Gasteiger charge is -2.31. The van der Waals surface area contributed by atoms with Crippen molar-refractivity contribution in [3.8, 4) is 11.5 Å². The molecule has 1 N–H and O–H groups in total. The average molecular weight is 487 g/mol. The maximum Gasteiger partial charge on any atom is 0.244 e. The summed E-state index contributed by atoms with van der Waals surface area (Å²) in [5.74, 6) is 0.811. The molecule has 0 aromatic heterocycles. The summed E-state index contributed by atoms with van der Waals surface area (Å²) in [4.78, 5) is 13.2. The van der Waals surface area contributed by atoms with Gasteiger partial charge in [-0.3, -0.25) is 9.10 Å². The van der Waals surface area contributed by atoms with Gasteiger partial charge in [0.25, 0.3) is 0 Å². The van der Waals surface area contributed by atoms with Crippen LogP contribution in [0.2, 0.25) is 10.0 Å². The van der Waals surface area contributed by atoms with E-state index in [2.05, 4.69) is 5.32 Å². The lowest BCUT2D eigenvalue weighted by molar-refractivity contribution is -0.122. The molecule has 1 heterocycles. The Balaban J connectivity index is 1.87. The highest BCUT2D eigenvalue weighted by atomic mass is 35.5. The molecule has 3 rings (SSSR count). The highest BCUT2D eigenvalue weighted by molar-refractivity contribution is 7.92. The zero-order valence-electron chi connectivity index (χ0n) is 17.4. The molecule has 1 amide bonds. The van der Waals surface area contributed by atoms with Crippen molar-refractivity contribution in [3.63, 3.8) is 0 Å². The number of anilines is 1. The van der Waals surface area contributed by atoms with E-state index in [1.807, 2.05) is 19.1 Å². The number of rotatable bonds is 7. The molecule has 0 saturated carbocycles. The third-order valence-electron chi connectivity index (χ3n) is 4.90. The van der Waals surface area contributed by atoms with Crippen LogP contribution in [0, 0.1) is 0 Å². The minimum absolute atomic E-state index is 0.158. The average Bonchev–Trinajstić information content (AvgIpc) is 2.72. The highest BCUT2D eigenvalue weighted by Gasteiger charge is 2.33. The molecular weight excluding hydrogens is 463 g/mol. The number of nitrogens with one attached hydrogen (secondary N) is 1. The Labute approximate surface area is 192 Å². The van der Waals surface area contributed by atoms with Crippen LogP contribution in [0.15, 0.2) is 36.4 Å². The van der Waals surface area contributed by atoms with E-state index in [4.69, 9.17) is 32.7 Å². The normalized spacial score (nSPS) is 15.1. The number of carbonyl (C=O) groups excluding carboxylic acids is 1. The molecular formula is C21H24Cl2N2O5S. The van der Waals surface area contributed by atoms with Gasteiger partial charge < -0.3 is 14.8 Å². The molecule has 0 unspecified atom stereocenters. The van der Waals surface area contributed by atoms with Crippen molar-refractivity contribution in [2.75, 3.05) is 23.8 Å². The molecule has 2 atom stereocenters. The van der Waals surface area contributed by atoms with Crippen molar-refractivity contribution < 1.29 is 22.7 Å². The van der Waals surface area contributed by atoms with Gasteiger partial charge in [-0.1, -0.05) is 36.2 Å². The van der Waals surface area contributed by atoms with E-state index >= 15 is 0 Å². The number of carbonyl (C=O) groups is 1. The predicted octanol–water partition coefficient (Wildman–Crippen LogP) is 4.19. The molecule has 1 aliphatic rings. The molecule has 10 heteroatoms. The van der Waals surface area contributed by atoms with Crippen LogP contribution in [0.3, 0.4) is 0 Å². The Kier molecular flexibility index (Phi) is 7.24. The van der Waals surface area contributed by atoms with E-state index in [1.165, 1.54) is 12.1 Å². The van der Waals surface area contributed by atoms with Crippen LogP contribution in [0.1, 0.15) is 31.9 Å². The van der Waals surface area contributed by atoms with Crippen LogP contribution in [0.25, 0.3) is 0 Å². The summed E-state index contributed by atoms with van der Waals surface area (Å²) in [5, 5.41) is 3.39. The van der Waals surface area contributed by atoms with Gasteiger partial charge in [-0.15, -0.1) is 0 Å². The molecule has 0 fully saturated rings. The van der Waals surface area contributed by atoms with E-state index in [1.54, 1.807) is 19.1 Å². The number of sulfonamides is 1. The maximum absolute atomic E-state index is 13.2. The van der Waals surface area contributed by atoms with Crippen LogP contribution in [-0.4, -0.2) is 39.8 Å². The summed E-state index contributed by atoms with van der Waals surface area (Å²) in [6, 6.07) is 8.52. The van der Waals surface area contributed by atoms with Crippen LogP contribution in [0.5, 0.6) is 11.5 Å². The smallest absolute Gasteiger partial charge is 0.244 e. The van der Waals surface area contributed by atoms with Crippen LogP contribution in [0.4, 0.5) is 5.69 Å². The molecule has 0 radical (unpaired) electrons. The Morgan fingerprint density at radius 3 is 2.45 bits per heavy atom. The Bertz CT molecular complexity index is 1080. The maximum atomic E-state index is 13.2. The first-order valence-corrected chi connectivity index (χ1v) is 12.4. The van der Waals surface area contributed by atoms with Gasteiger partial charge in [0.05, 0.1) is 23.0 Å². The number of halogens is 2. The third kappa shape index (κ3) is 5.37. The quantitative estimate of drug-likeness (QED) is 0.633. The summed E-state index contributed by atoms with van der Waals surface area (Å²) in [6.45, 7) is 4.49. The second-order valence-corrected chi connectivity index (χ2v) is 9.92. The zero-order chi connectivity index (χ0) is 22.8. The van der Waals surface area contributed by atoms with Crippen molar-refractivity contribution in [2.24, 2.45) is 0 Å². The number of nitrogens with zero attached hydrogens (tertiary/aromatic N) is 1. The zero-order valence-corrected chi connectivity index (χ0v) is 19.7.